The van der Waals surface area contributed by atoms with E-state index in [-0.39, 0.29) is 17.7 Å². The van der Waals surface area contributed by atoms with Gasteiger partial charge in [-0.25, -0.2) is 4.98 Å². The number of aromatic amines is 1. The summed E-state index contributed by atoms with van der Waals surface area (Å²) in [6.07, 6.45) is 0. The van der Waals surface area contributed by atoms with Crippen LogP contribution in [0.2, 0.25) is 0 Å². The van der Waals surface area contributed by atoms with Crippen LogP contribution in [0.15, 0.2) is 47.6 Å². The molecule has 2 N–H and O–H groups in total. The number of imidazole rings is 1. The van der Waals surface area contributed by atoms with Crippen LogP contribution in [0.5, 0.6) is 11.5 Å². The number of nitrogens with zero attached hydrogens (tertiary/aromatic N) is 1. The second kappa shape index (κ2) is 6.68. The molecule has 128 valence electrons. The second-order valence-corrected chi connectivity index (χ2v) is 6.65. The number of rotatable bonds is 5. The molecule has 1 aliphatic heterocycles. The number of nitrogens with one attached hydrogen (secondary N) is 2. The molecule has 6 nitrogen and oxygen atoms in total. The van der Waals surface area contributed by atoms with Gasteiger partial charge in [-0.3, -0.25) is 4.79 Å². The Kier molecular flexibility index (Phi) is 4.23. The third kappa shape index (κ3) is 3.28. The van der Waals surface area contributed by atoms with Crippen molar-refractivity contribution in [3.05, 3.63) is 48.0 Å². The monoisotopic (exact) mass is 355 g/mol. The highest BCUT2D eigenvalue weighted by atomic mass is 32.2. The van der Waals surface area contributed by atoms with Gasteiger partial charge in [-0.2, -0.15) is 0 Å². The second-order valence-electron chi connectivity index (χ2n) is 5.68. The number of fused-ring (bicyclic) bond motifs is 2. The molecule has 0 radical (unpaired) electrons. The maximum Gasteiger partial charge on any atom is 0.231 e. The van der Waals surface area contributed by atoms with E-state index >= 15 is 0 Å². The Labute approximate surface area is 148 Å². The predicted molar refractivity (Wildman–Crippen MR) is 96.2 cm³/mol. The van der Waals surface area contributed by atoms with Gasteiger partial charge < -0.3 is 19.8 Å². The number of para-hydroxylation sites is 2. The smallest absolute Gasteiger partial charge is 0.231 e. The summed E-state index contributed by atoms with van der Waals surface area (Å²) >= 11 is 1.38. The zero-order valence-electron chi connectivity index (χ0n) is 13.6. The summed E-state index contributed by atoms with van der Waals surface area (Å²) in [4.78, 5) is 20.0. The summed E-state index contributed by atoms with van der Waals surface area (Å²) < 4.78 is 10.9. The van der Waals surface area contributed by atoms with Crippen LogP contribution in [0.1, 0.15) is 11.6 Å². The van der Waals surface area contributed by atoms with Crippen molar-refractivity contribution in [1.29, 1.82) is 0 Å². The molecule has 4 rings (SSSR count). The lowest BCUT2D eigenvalue weighted by Crippen LogP contribution is -2.30. The van der Waals surface area contributed by atoms with Crippen molar-refractivity contribution < 1.29 is 14.3 Å². The van der Waals surface area contributed by atoms with Gasteiger partial charge in [-0.1, -0.05) is 23.9 Å². The molecule has 1 amide bonds. The summed E-state index contributed by atoms with van der Waals surface area (Å²) in [6.45, 7) is 0.434. The minimum absolute atomic E-state index is 0.0604. The molecule has 0 bridgehead atoms. The van der Waals surface area contributed by atoms with Crippen LogP contribution in [0.25, 0.3) is 11.0 Å². The summed E-state index contributed by atoms with van der Waals surface area (Å²) in [5.74, 6) is 1.77. The van der Waals surface area contributed by atoms with Gasteiger partial charge in [0.1, 0.15) is 18.1 Å². The number of methoxy groups -OCH3 is 1. The van der Waals surface area contributed by atoms with Crippen molar-refractivity contribution in [2.75, 3.05) is 19.5 Å². The first-order valence-corrected chi connectivity index (χ1v) is 8.89. The van der Waals surface area contributed by atoms with E-state index in [1.807, 2.05) is 42.5 Å². The predicted octanol–water partition coefficient (Wildman–Crippen LogP) is 2.91. The molecule has 1 aliphatic rings. The molecule has 25 heavy (non-hydrogen) atoms. The molecular formula is C18H17N3O3S. The van der Waals surface area contributed by atoms with Crippen molar-refractivity contribution >= 4 is 28.7 Å². The lowest BCUT2D eigenvalue weighted by molar-refractivity contribution is -0.119. The van der Waals surface area contributed by atoms with E-state index < -0.39 is 0 Å². The van der Waals surface area contributed by atoms with Gasteiger partial charge >= 0.3 is 0 Å². The van der Waals surface area contributed by atoms with Crippen LogP contribution in [-0.2, 0) is 4.79 Å². The third-order valence-corrected chi connectivity index (χ3v) is 4.91. The van der Waals surface area contributed by atoms with Crippen molar-refractivity contribution in [2.24, 2.45) is 0 Å². The van der Waals surface area contributed by atoms with Gasteiger partial charge in [-0.15, -0.1) is 0 Å². The fourth-order valence-electron chi connectivity index (χ4n) is 2.81. The van der Waals surface area contributed by atoms with E-state index in [9.17, 15) is 4.79 Å². The Morgan fingerprint density at radius 1 is 1.40 bits per heavy atom. The normalized spacial score (nSPS) is 15.6. The Morgan fingerprint density at radius 3 is 3.12 bits per heavy atom. The minimum Gasteiger partial charge on any atom is -0.497 e. The van der Waals surface area contributed by atoms with Crippen LogP contribution in [0.3, 0.4) is 0 Å². The van der Waals surface area contributed by atoms with Crippen LogP contribution in [-0.4, -0.2) is 35.3 Å². The molecular weight excluding hydrogens is 338 g/mol. The molecule has 0 aliphatic carbocycles. The Hall–Kier alpha value is -2.67. The SMILES string of the molecule is COc1ccc2c(c1)C(NC(=O)CSc1nc3ccccc3[nH]1)CO2. The molecule has 1 unspecified atom stereocenters. The maximum atomic E-state index is 12.3. The number of carbonyl (C=O) groups excluding carboxylic acids is 1. The number of hydrogen-bond acceptors (Lipinski definition) is 5. The van der Waals surface area contributed by atoms with Crippen molar-refractivity contribution in [1.82, 2.24) is 15.3 Å². The lowest BCUT2D eigenvalue weighted by atomic mass is 10.1. The number of aromatic nitrogens is 2. The van der Waals surface area contributed by atoms with Crippen molar-refractivity contribution in [3.8, 4) is 11.5 Å². The van der Waals surface area contributed by atoms with E-state index in [1.54, 1.807) is 7.11 Å². The van der Waals surface area contributed by atoms with Gasteiger partial charge in [0, 0.05) is 5.56 Å². The number of H-pyrrole nitrogens is 1. The summed E-state index contributed by atoms with van der Waals surface area (Å²) in [6, 6.07) is 13.3. The molecule has 0 saturated heterocycles. The Bertz CT molecular complexity index is 892. The molecule has 7 heteroatoms. The first kappa shape index (κ1) is 15.8. The molecule has 2 heterocycles. The van der Waals surface area contributed by atoms with E-state index in [0.717, 1.165) is 33.3 Å². The van der Waals surface area contributed by atoms with E-state index in [0.29, 0.717) is 6.61 Å². The minimum atomic E-state index is -0.158. The zero-order valence-corrected chi connectivity index (χ0v) is 14.4. The van der Waals surface area contributed by atoms with E-state index in [1.165, 1.54) is 11.8 Å². The average Bonchev–Trinajstić information content (AvgIpc) is 3.23. The van der Waals surface area contributed by atoms with Crippen LogP contribution in [0, 0.1) is 0 Å². The quantitative estimate of drug-likeness (QED) is 0.688. The highest BCUT2D eigenvalue weighted by Crippen LogP contribution is 2.35. The Balaban J connectivity index is 1.38. The number of benzene rings is 2. The zero-order chi connectivity index (χ0) is 17.2. The topological polar surface area (TPSA) is 76.2 Å². The van der Waals surface area contributed by atoms with E-state index in [2.05, 4.69) is 15.3 Å². The highest BCUT2D eigenvalue weighted by Gasteiger charge is 2.26. The summed E-state index contributed by atoms with van der Waals surface area (Å²) in [5, 5.41) is 3.75. The first-order chi connectivity index (χ1) is 12.2. The number of carbonyl (C=O) groups is 1. The number of ether oxygens (including phenoxy) is 2. The van der Waals surface area contributed by atoms with Gasteiger partial charge in [0.05, 0.1) is 29.9 Å². The van der Waals surface area contributed by atoms with Gasteiger partial charge in [0.15, 0.2) is 5.16 Å². The molecule has 3 aromatic rings. The number of hydrogen-bond donors (Lipinski definition) is 2. The first-order valence-electron chi connectivity index (χ1n) is 7.90. The fraction of sp³-hybridized carbons (Fsp3) is 0.222. The van der Waals surface area contributed by atoms with Gasteiger partial charge in [0.2, 0.25) is 5.91 Å². The van der Waals surface area contributed by atoms with Crippen molar-refractivity contribution in [2.45, 2.75) is 11.2 Å². The van der Waals surface area contributed by atoms with Crippen LogP contribution < -0.4 is 14.8 Å². The molecule has 0 spiro atoms. The molecule has 2 aromatic carbocycles. The number of amides is 1. The third-order valence-electron chi connectivity index (χ3n) is 4.04. The van der Waals surface area contributed by atoms with Gasteiger partial charge in [-0.05, 0) is 30.3 Å². The summed E-state index contributed by atoms with van der Waals surface area (Å²) in [7, 11) is 1.62. The van der Waals surface area contributed by atoms with Gasteiger partial charge in [0.25, 0.3) is 0 Å². The molecule has 1 aromatic heterocycles. The largest absolute Gasteiger partial charge is 0.497 e. The average molecular weight is 355 g/mol. The molecule has 0 saturated carbocycles. The number of thioether (sulfide) groups is 1. The fourth-order valence-corrected chi connectivity index (χ4v) is 3.50. The summed E-state index contributed by atoms with van der Waals surface area (Å²) in [5.41, 5.74) is 2.81. The van der Waals surface area contributed by atoms with Crippen molar-refractivity contribution in [3.63, 3.8) is 0 Å². The molecule has 0 fully saturated rings. The van der Waals surface area contributed by atoms with Crippen LogP contribution in [0.4, 0.5) is 0 Å². The van der Waals surface area contributed by atoms with Crippen LogP contribution >= 0.6 is 11.8 Å². The molecule has 1 atom stereocenters. The van der Waals surface area contributed by atoms with E-state index in [4.69, 9.17) is 9.47 Å². The lowest BCUT2D eigenvalue weighted by Gasteiger charge is -2.12. The maximum absolute atomic E-state index is 12.3. The highest BCUT2D eigenvalue weighted by molar-refractivity contribution is 7.99. The Morgan fingerprint density at radius 2 is 2.28 bits per heavy atom. The standard InChI is InChI=1S/C18H17N3O3S/c1-23-11-6-7-16-12(8-11)15(9-24-16)19-17(22)10-25-18-20-13-4-2-3-5-14(13)21-18/h2-8,15H,9-10H2,1H3,(H,19,22)(H,20,21).